The van der Waals surface area contributed by atoms with Crippen LogP contribution in [-0.2, 0) is 11.2 Å². The standard InChI is InChI=1S/C16H27NO/c1-14(2)9-11-17-13-15(3)18-12-10-16-7-5-4-6-8-16/h4-8,14-15,17H,9-13H2,1-3H3. The van der Waals surface area contributed by atoms with E-state index in [1.807, 2.05) is 6.07 Å². The maximum Gasteiger partial charge on any atom is 0.0671 e. The summed E-state index contributed by atoms with van der Waals surface area (Å²) in [4.78, 5) is 0. The van der Waals surface area contributed by atoms with Gasteiger partial charge in [0, 0.05) is 6.54 Å². The first-order valence-electron chi connectivity index (χ1n) is 7.04. The van der Waals surface area contributed by atoms with Crippen molar-refractivity contribution in [3.63, 3.8) is 0 Å². The van der Waals surface area contributed by atoms with Gasteiger partial charge in [0.2, 0.25) is 0 Å². The molecular formula is C16H27NO. The molecule has 0 saturated carbocycles. The molecule has 2 heteroatoms. The normalized spacial score (nSPS) is 12.9. The predicted molar refractivity (Wildman–Crippen MR) is 77.9 cm³/mol. The molecule has 0 bridgehead atoms. The van der Waals surface area contributed by atoms with E-state index in [0.29, 0.717) is 6.10 Å². The fraction of sp³-hybridized carbons (Fsp3) is 0.625. The van der Waals surface area contributed by atoms with Gasteiger partial charge in [-0.25, -0.2) is 0 Å². The Hall–Kier alpha value is -0.860. The van der Waals surface area contributed by atoms with Gasteiger partial charge < -0.3 is 10.1 Å². The van der Waals surface area contributed by atoms with Crippen LogP contribution in [0.25, 0.3) is 0 Å². The number of hydrogen-bond acceptors (Lipinski definition) is 2. The van der Waals surface area contributed by atoms with Crippen molar-refractivity contribution in [2.24, 2.45) is 5.92 Å². The summed E-state index contributed by atoms with van der Waals surface area (Å²) >= 11 is 0. The molecule has 1 N–H and O–H groups in total. The molecule has 1 atom stereocenters. The van der Waals surface area contributed by atoms with Crippen LogP contribution in [0.4, 0.5) is 0 Å². The first-order valence-corrected chi connectivity index (χ1v) is 7.04. The Bertz CT molecular complexity index is 297. The maximum atomic E-state index is 5.79. The van der Waals surface area contributed by atoms with Gasteiger partial charge in [-0.3, -0.25) is 0 Å². The summed E-state index contributed by atoms with van der Waals surface area (Å²) in [6, 6.07) is 10.5. The zero-order chi connectivity index (χ0) is 13.2. The topological polar surface area (TPSA) is 21.3 Å². The Labute approximate surface area is 112 Å². The Kier molecular flexibility index (Phi) is 7.70. The summed E-state index contributed by atoms with van der Waals surface area (Å²) in [5.74, 6) is 0.770. The van der Waals surface area contributed by atoms with Gasteiger partial charge in [-0.2, -0.15) is 0 Å². The zero-order valence-corrected chi connectivity index (χ0v) is 12.0. The third-order valence-electron chi connectivity index (χ3n) is 2.97. The summed E-state index contributed by atoms with van der Waals surface area (Å²) in [6.45, 7) is 9.47. The van der Waals surface area contributed by atoms with Gasteiger partial charge in [0.05, 0.1) is 12.7 Å². The highest BCUT2D eigenvalue weighted by Gasteiger charge is 2.02. The van der Waals surface area contributed by atoms with Crippen LogP contribution in [-0.4, -0.2) is 25.8 Å². The van der Waals surface area contributed by atoms with Crippen LogP contribution in [0.3, 0.4) is 0 Å². The van der Waals surface area contributed by atoms with E-state index in [4.69, 9.17) is 4.74 Å². The lowest BCUT2D eigenvalue weighted by Crippen LogP contribution is -2.28. The van der Waals surface area contributed by atoms with Crippen LogP contribution in [0.5, 0.6) is 0 Å². The van der Waals surface area contributed by atoms with Crippen molar-refractivity contribution < 1.29 is 4.74 Å². The third kappa shape index (κ3) is 7.46. The molecule has 0 heterocycles. The minimum atomic E-state index is 0.292. The van der Waals surface area contributed by atoms with Gasteiger partial charge in [0.25, 0.3) is 0 Å². The largest absolute Gasteiger partial charge is 0.377 e. The van der Waals surface area contributed by atoms with E-state index < -0.39 is 0 Å². The monoisotopic (exact) mass is 249 g/mol. The van der Waals surface area contributed by atoms with Crippen LogP contribution >= 0.6 is 0 Å². The molecular weight excluding hydrogens is 222 g/mol. The van der Waals surface area contributed by atoms with E-state index >= 15 is 0 Å². The van der Waals surface area contributed by atoms with Gasteiger partial charge in [-0.05, 0) is 37.8 Å². The first kappa shape index (κ1) is 15.2. The highest BCUT2D eigenvalue weighted by atomic mass is 16.5. The quantitative estimate of drug-likeness (QED) is 0.678. The van der Waals surface area contributed by atoms with Crippen molar-refractivity contribution in [2.75, 3.05) is 19.7 Å². The lowest BCUT2D eigenvalue weighted by atomic mass is 10.1. The third-order valence-corrected chi connectivity index (χ3v) is 2.97. The number of rotatable bonds is 9. The van der Waals surface area contributed by atoms with E-state index in [9.17, 15) is 0 Å². The second-order valence-electron chi connectivity index (χ2n) is 5.30. The number of benzene rings is 1. The smallest absolute Gasteiger partial charge is 0.0671 e. The second-order valence-corrected chi connectivity index (χ2v) is 5.30. The molecule has 1 rings (SSSR count). The van der Waals surface area contributed by atoms with E-state index in [1.165, 1.54) is 12.0 Å². The molecule has 0 aliphatic carbocycles. The second kappa shape index (κ2) is 9.12. The Morgan fingerprint density at radius 1 is 1.11 bits per heavy atom. The Morgan fingerprint density at radius 3 is 2.50 bits per heavy atom. The Morgan fingerprint density at radius 2 is 1.83 bits per heavy atom. The van der Waals surface area contributed by atoms with Crippen LogP contribution < -0.4 is 5.32 Å². The van der Waals surface area contributed by atoms with Crippen LogP contribution in [0, 0.1) is 5.92 Å². The lowest BCUT2D eigenvalue weighted by molar-refractivity contribution is 0.0681. The van der Waals surface area contributed by atoms with E-state index in [1.54, 1.807) is 0 Å². The van der Waals surface area contributed by atoms with Crippen LogP contribution in [0.15, 0.2) is 30.3 Å². The first-order chi connectivity index (χ1) is 8.68. The highest BCUT2D eigenvalue weighted by molar-refractivity contribution is 5.14. The van der Waals surface area contributed by atoms with Gasteiger partial charge in [-0.1, -0.05) is 44.2 Å². The summed E-state index contributed by atoms with van der Waals surface area (Å²) in [5.41, 5.74) is 1.34. The van der Waals surface area contributed by atoms with Crippen molar-refractivity contribution in [1.29, 1.82) is 0 Å². The fourth-order valence-electron chi connectivity index (χ4n) is 1.78. The molecule has 1 unspecified atom stereocenters. The minimum Gasteiger partial charge on any atom is -0.377 e. The van der Waals surface area contributed by atoms with Gasteiger partial charge in [0.1, 0.15) is 0 Å². The predicted octanol–water partition coefficient (Wildman–Crippen LogP) is 3.27. The molecule has 1 aromatic rings. The average molecular weight is 249 g/mol. The van der Waals surface area contributed by atoms with Crippen molar-refractivity contribution in [3.05, 3.63) is 35.9 Å². The molecule has 18 heavy (non-hydrogen) atoms. The number of nitrogens with one attached hydrogen (secondary N) is 1. The van der Waals surface area contributed by atoms with Crippen LogP contribution in [0.2, 0.25) is 0 Å². The SMILES string of the molecule is CC(C)CCNCC(C)OCCc1ccccc1. The van der Waals surface area contributed by atoms with Crippen molar-refractivity contribution in [3.8, 4) is 0 Å². The average Bonchev–Trinajstić information content (AvgIpc) is 2.36. The maximum absolute atomic E-state index is 5.79. The summed E-state index contributed by atoms with van der Waals surface area (Å²) < 4.78 is 5.79. The summed E-state index contributed by atoms with van der Waals surface area (Å²) in [6.07, 6.45) is 2.52. The van der Waals surface area contributed by atoms with E-state index in [-0.39, 0.29) is 0 Å². The molecule has 0 aliphatic heterocycles. The van der Waals surface area contributed by atoms with Gasteiger partial charge in [0.15, 0.2) is 0 Å². The minimum absolute atomic E-state index is 0.292. The molecule has 0 aromatic heterocycles. The fourth-order valence-corrected chi connectivity index (χ4v) is 1.78. The van der Waals surface area contributed by atoms with Crippen molar-refractivity contribution >= 4 is 0 Å². The molecule has 0 saturated heterocycles. The van der Waals surface area contributed by atoms with Crippen LogP contribution in [0.1, 0.15) is 32.8 Å². The van der Waals surface area contributed by atoms with Gasteiger partial charge in [-0.15, -0.1) is 0 Å². The molecule has 102 valence electrons. The summed E-state index contributed by atoms with van der Waals surface area (Å²) in [5, 5.41) is 3.44. The molecule has 0 aliphatic rings. The molecule has 1 aromatic carbocycles. The van der Waals surface area contributed by atoms with E-state index in [2.05, 4.69) is 50.4 Å². The molecule has 2 nitrogen and oxygen atoms in total. The molecule has 0 fully saturated rings. The lowest BCUT2D eigenvalue weighted by Gasteiger charge is -2.14. The van der Waals surface area contributed by atoms with Gasteiger partial charge >= 0.3 is 0 Å². The molecule has 0 spiro atoms. The highest BCUT2D eigenvalue weighted by Crippen LogP contribution is 2.01. The molecule has 0 radical (unpaired) electrons. The Balaban J connectivity index is 2.01. The molecule has 0 amide bonds. The zero-order valence-electron chi connectivity index (χ0n) is 12.0. The summed E-state index contributed by atoms with van der Waals surface area (Å²) in [7, 11) is 0. The van der Waals surface area contributed by atoms with Crippen molar-refractivity contribution in [2.45, 2.75) is 39.7 Å². The number of ether oxygens (including phenoxy) is 1. The van der Waals surface area contributed by atoms with E-state index in [0.717, 1.165) is 32.0 Å². The van der Waals surface area contributed by atoms with Crippen molar-refractivity contribution in [1.82, 2.24) is 5.32 Å². The number of hydrogen-bond donors (Lipinski definition) is 1.